The first-order valence-corrected chi connectivity index (χ1v) is 6.46. The number of para-hydroxylation sites is 2. The van der Waals surface area contributed by atoms with Crippen molar-refractivity contribution in [3.63, 3.8) is 0 Å². The Morgan fingerprint density at radius 2 is 2.32 bits per heavy atom. The van der Waals surface area contributed by atoms with Crippen molar-refractivity contribution in [2.45, 2.75) is 13.0 Å². The summed E-state index contributed by atoms with van der Waals surface area (Å²) in [5, 5.41) is 11.1. The number of hydrogen-bond donors (Lipinski definition) is 2. The lowest BCUT2D eigenvalue weighted by Gasteiger charge is -2.27. The van der Waals surface area contributed by atoms with Crippen molar-refractivity contribution in [3.8, 4) is 5.75 Å². The molecule has 0 spiro atoms. The molecule has 0 aliphatic carbocycles. The number of rotatable bonds is 3. The Balaban J connectivity index is 1.62. The Bertz CT molecular complexity index is 579. The number of anilines is 2. The minimum atomic E-state index is 0.116. The summed E-state index contributed by atoms with van der Waals surface area (Å²) in [4.78, 5) is 0. The lowest BCUT2D eigenvalue weighted by atomic mass is 10.2. The number of hydrogen-bond acceptors (Lipinski definition) is 4. The first-order chi connectivity index (χ1) is 9.22. The summed E-state index contributed by atoms with van der Waals surface area (Å²) < 4.78 is 7.79. The maximum Gasteiger partial charge on any atom is 0.143 e. The van der Waals surface area contributed by atoms with Gasteiger partial charge in [0.25, 0.3) is 0 Å². The molecule has 0 radical (unpaired) electrons. The van der Waals surface area contributed by atoms with Gasteiger partial charge in [-0.2, -0.15) is 5.10 Å². The third-order valence-electron chi connectivity index (χ3n) is 3.21. The standard InChI is InChI=1S/C14H18N4O/c1-10-7-14(18(2)17-10)16-9-11-8-15-12-5-3-4-6-13(12)19-11/h3-7,11,15-16H,8-9H2,1-2H3. The minimum absolute atomic E-state index is 0.116. The van der Waals surface area contributed by atoms with E-state index >= 15 is 0 Å². The van der Waals surface area contributed by atoms with Crippen molar-refractivity contribution in [2.75, 3.05) is 23.7 Å². The number of nitrogens with zero attached hydrogens (tertiary/aromatic N) is 2. The Kier molecular flexibility index (Phi) is 3.03. The van der Waals surface area contributed by atoms with E-state index in [4.69, 9.17) is 4.74 Å². The van der Waals surface area contributed by atoms with Gasteiger partial charge in [0.05, 0.1) is 24.5 Å². The summed E-state index contributed by atoms with van der Waals surface area (Å²) in [6.07, 6.45) is 0.116. The Hall–Kier alpha value is -2.17. The molecule has 2 N–H and O–H groups in total. The summed E-state index contributed by atoms with van der Waals surface area (Å²) in [5.41, 5.74) is 2.08. The van der Waals surface area contributed by atoms with Gasteiger partial charge < -0.3 is 15.4 Å². The van der Waals surface area contributed by atoms with Gasteiger partial charge in [0, 0.05) is 13.1 Å². The third-order valence-corrected chi connectivity index (χ3v) is 3.21. The van der Waals surface area contributed by atoms with E-state index in [1.54, 1.807) is 0 Å². The monoisotopic (exact) mass is 258 g/mol. The molecule has 3 rings (SSSR count). The van der Waals surface area contributed by atoms with Gasteiger partial charge in [-0.1, -0.05) is 12.1 Å². The summed E-state index contributed by atoms with van der Waals surface area (Å²) in [7, 11) is 1.94. The largest absolute Gasteiger partial charge is 0.485 e. The molecule has 100 valence electrons. The summed E-state index contributed by atoms with van der Waals surface area (Å²) in [6, 6.07) is 10.0. The van der Waals surface area contributed by atoms with E-state index in [0.717, 1.165) is 36.0 Å². The molecule has 1 aliphatic rings. The van der Waals surface area contributed by atoms with E-state index in [2.05, 4.69) is 15.7 Å². The van der Waals surface area contributed by atoms with Gasteiger partial charge in [-0.3, -0.25) is 4.68 Å². The fraction of sp³-hybridized carbons (Fsp3) is 0.357. The van der Waals surface area contributed by atoms with E-state index in [1.807, 2.05) is 49.0 Å². The molecule has 1 aromatic carbocycles. The fourth-order valence-corrected chi connectivity index (χ4v) is 2.27. The van der Waals surface area contributed by atoms with E-state index < -0.39 is 0 Å². The van der Waals surface area contributed by atoms with Crippen LogP contribution in [0.5, 0.6) is 5.75 Å². The first kappa shape index (κ1) is 11.9. The Morgan fingerprint density at radius 1 is 1.47 bits per heavy atom. The first-order valence-electron chi connectivity index (χ1n) is 6.46. The van der Waals surface area contributed by atoms with Crippen LogP contribution in [0.2, 0.25) is 0 Å². The highest BCUT2D eigenvalue weighted by Crippen LogP contribution is 2.28. The van der Waals surface area contributed by atoms with Crippen LogP contribution in [0.25, 0.3) is 0 Å². The van der Waals surface area contributed by atoms with E-state index in [-0.39, 0.29) is 6.10 Å². The van der Waals surface area contributed by atoms with Crippen LogP contribution in [0.1, 0.15) is 5.69 Å². The Labute approximate surface area is 112 Å². The van der Waals surface area contributed by atoms with Crippen molar-refractivity contribution < 1.29 is 4.74 Å². The van der Waals surface area contributed by atoms with Crippen LogP contribution >= 0.6 is 0 Å². The van der Waals surface area contributed by atoms with Crippen LogP contribution in [-0.2, 0) is 7.05 Å². The number of nitrogens with one attached hydrogen (secondary N) is 2. The molecule has 2 heterocycles. The molecule has 1 aromatic heterocycles. The van der Waals surface area contributed by atoms with Crippen molar-refractivity contribution in [2.24, 2.45) is 7.05 Å². The number of aromatic nitrogens is 2. The average Bonchev–Trinajstić information content (AvgIpc) is 2.74. The summed E-state index contributed by atoms with van der Waals surface area (Å²) >= 11 is 0. The summed E-state index contributed by atoms with van der Waals surface area (Å²) in [6.45, 7) is 3.54. The highest BCUT2D eigenvalue weighted by molar-refractivity contribution is 5.57. The number of ether oxygens (including phenoxy) is 1. The number of fused-ring (bicyclic) bond motifs is 1. The van der Waals surface area contributed by atoms with Crippen LogP contribution in [0, 0.1) is 6.92 Å². The minimum Gasteiger partial charge on any atom is -0.485 e. The van der Waals surface area contributed by atoms with Crippen LogP contribution < -0.4 is 15.4 Å². The Morgan fingerprint density at radius 3 is 3.11 bits per heavy atom. The second kappa shape index (κ2) is 4.84. The average molecular weight is 258 g/mol. The van der Waals surface area contributed by atoms with Crippen LogP contribution in [-0.4, -0.2) is 29.0 Å². The molecule has 2 aromatic rings. The quantitative estimate of drug-likeness (QED) is 0.884. The maximum absolute atomic E-state index is 5.95. The zero-order chi connectivity index (χ0) is 13.2. The molecule has 5 nitrogen and oxygen atoms in total. The van der Waals surface area contributed by atoms with Crippen LogP contribution in [0.15, 0.2) is 30.3 Å². The smallest absolute Gasteiger partial charge is 0.143 e. The third kappa shape index (κ3) is 2.50. The topological polar surface area (TPSA) is 51.1 Å². The predicted molar refractivity (Wildman–Crippen MR) is 75.8 cm³/mol. The van der Waals surface area contributed by atoms with Gasteiger partial charge in [-0.15, -0.1) is 0 Å². The predicted octanol–water partition coefficient (Wildman–Crippen LogP) is 2.01. The van der Waals surface area contributed by atoms with Gasteiger partial charge in [-0.05, 0) is 19.1 Å². The highest BCUT2D eigenvalue weighted by Gasteiger charge is 2.18. The zero-order valence-electron chi connectivity index (χ0n) is 11.2. The van der Waals surface area contributed by atoms with Gasteiger partial charge in [0.15, 0.2) is 0 Å². The molecular formula is C14H18N4O. The molecule has 1 unspecified atom stereocenters. The number of benzene rings is 1. The van der Waals surface area contributed by atoms with Crippen LogP contribution in [0.4, 0.5) is 11.5 Å². The molecule has 0 saturated carbocycles. The molecule has 0 bridgehead atoms. The van der Waals surface area contributed by atoms with E-state index in [9.17, 15) is 0 Å². The van der Waals surface area contributed by atoms with E-state index in [0.29, 0.717) is 0 Å². The lowest BCUT2D eigenvalue weighted by Crippen LogP contribution is -2.36. The molecule has 5 heteroatoms. The second-order valence-corrected chi connectivity index (χ2v) is 4.79. The second-order valence-electron chi connectivity index (χ2n) is 4.79. The van der Waals surface area contributed by atoms with Crippen molar-refractivity contribution >= 4 is 11.5 Å². The fourth-order valence-electron chi connectivity index (χ4n) is 2.27. The zero-order valence-corrected chi connectivity index (χ0v) is 11.2. The van der Waals surface area contributed by atoms with Gasteiger partial charge in [0.1, 0.15) is 17.7 Å². The van der Waals surface area contributed by atoms with Crippen molar-refractivity contribution in [1.29, 1.82) is 0 Å². The molecule has 0 fully saturated rings. The summed E-state index contributed by atoms with van der Waals surface area (Å²) in [5.74, 6) is 1.93. The lowest BCUT2D eigenvalue weighted by molar-refractivity contribution is 0.218. The molecule has 0 amide bonds. The SMILES string of the molecule is Cc1cc(NCC2CNc3ccccc3O2)n(C)n1. The highest BCUT2D eigenvalue weighted by atomic mass is 16.5. The molecule has 19 heavy (non-hydrogen) atoms. The van der Waals surface area contributed by atoms with Crippen molar-refractivity contribution in [3.05, 3.63) is 36.0 Å². The maximum atomic E-state index is 5.95. The van der Waals surface area contributed by atoms with Gasteiger partial charge in [-0.25, -0.2) is 0 Å². The van der Waals surface area contributed by atoms with Gasteiger partial charge >= 0.3 is 0 Å². The molecule has 0 saturated heterocycles. The van der Waals surface area contributed by atoms with Crippen molar-refractivity contribution in [1.82, 2.24) is 9.78 Å². The molecule has 1 atom stereocenters. The molecule has 1 aliphatic heterocycles. The van der Waals surface area contributed by atoms with Crippen LogP contribution in [0.3, 0.4) is 0 Å². The number of aryl methyl sites for hydroxylation is 2. The van der Waals surface area contributed by atoms with E-state index in [1.165, 1.54) is 0 Å². The van der Waals surface area contributed by atoms with Gasteiger partial charge in [0.2, 0.25) is 0 Å². The molecular weight excluding hydrogens is 240 g/mol. The normalized spacial score (nSPS) is 17.3.